The van der Waals surface area contributed by atoms with E-state index in [0.717, 1.165) is 44.9 Å². The number of carbonyl (C=O) groups excluding carboxylic acids is 1. The van der Waals surface area contributed by atoms with Crippen LogP contribution in [0.15, 0.2) is 0 Å². The Morgan fingerprint density at radius 3 is 2.14 bits per heavy atom. The smallest absolute Gasteiger partial charge is 0.309 e. The molecule has 0 spiro atoms. The molecule has 0 bridgehead atoms. The average Bonchev–Trinajstić information content (AvgIpc) is 3.14. The molecule has 0 saturated heterocycles. The molecular formula is C30H46Br2O3. The molecule has 0 amide bonds. The molecule has 0 aromatic heterocycles. The van der Waals surface area contributed by atoms with Crippen LogP contribution in [-0.2, 0) is 9.59 Å². The molecule has 0 aliphatic heterocycles. The largest absolute Gasteiger partial charge is 0.481 e. The van der Waals surface area contributed by atoms with Crippen molar-refractivity contribution in [1.29, 1.82) is 0 Å². The van der Waals surface area contributed by atoms with Gasteiger partial charge in [0.25, 0.3) is 0 Å². The maximum Gasteiger partial charge on any atom is 0.309 e. The number of carboxylic acid groups (broad SMARTS) is 1. The van der Waals surface area contributed by atoms with Gasteiger partial charge >= 0.3 is 5.97 Å². The number of aliphatic carboxylic acids is 1. The van der Waals surface area contributed by atoms with E-state index >= 15 is 0 Å². The van der Waals surface area contributed by atoms with Gasteiger partial charge in [0.05, 0.1) is 5.41 Å². The third kappa shape index (κ3) is 3.18. The van der Waals surface area contributed by atoms with Crippen LogP contribution in [0, 0.1) is 62.6 Å². The summed E-state index contributed by atoms with van der Waals surface area (Å²) in [6.45, 7) is 16.6. The van der Waals surface area contributed by atoms with Crippen LogP contribution in [0.25, 0.3) is 0 Å². The maximum atomic E-state index is 13.5. The second kappa shape index (κ2) is 7.82. The fourth-order valence-corrected chi connectivity index (χ4v) is 14.0. The zero-order chi connectivity index (χ0) is 26.0. The number of fused-ring (bicyclic) bond motifs is 7. The molecule has 0 radical (unpaired) electrons. The van der Waals surface area contributed by atoms with Crippen LogP contribution in [-0.4, -0.2) is 20.1 Å². The summed E-state index contributed by atoms with van der Waals surface area (Å²) in [5.74, 6) is 2.56. The molecule has 5 saturated carbocycles. The van der Waals surface area contributed by atoms with E-state index in [1.54, 1.807) is 0 Å². The van der Waals surface area contributed by atoms with Crippen molar-refractivity contribution in [3.8, 4) is 0 Å². The molecule has 3 nitrogen and oxygen atoms in total. The summed E-state index contributed by atoms with van der Waals surface area (Å²) in [4.78, 5) is 26.3. The lowest BCUT2D eigenvalue weighted by molar-refractivity contribution is -0.237. The van der Waals surface area contributed by atoms with Gasteiger partial charge in [-0.15, -0.1) is 0 Å². The van der Waals surface area contributed by atoms with Crippen LogP contribution >= 0.6 is 31.9 Å². The average molecular weight is 615 g/mol. The Bertz CT molecular complexity index is 942. The molecule has 4 unspecified atom stereocenters. The molecule has 5 aliphatic rings. The predicted octanol–water partition coefficient (Wildman–Crippen LogP) is 8.47. The monoisotopic (exact) mass is 612 g/mol. The van der Waals surface area contributed by atoms with Crippen molar-refractivity contribution in [3.63, 3.8) is 0 Å². The first-order chi connectivity index (χ1) is 16.0. The van der Waals surface area contributed by atoms with Crippen molar-refractivity contribution in [3.05, 3.63) is 0 Å². The second-order valence-electron chi connectivity index (χ2n) is 15.0. The van der Waals surface area contributed by atoms with E-state index < -0.39 is 14.6 Å². The van der Waals surface area contributed by atoms with Crippen molar-refractivity contribution in [2.75, 3.05) is 0 Å². The Morgan fingerprint density at radius 1 is 0.886 bits per heavy atom. The number of alkyl halides is 2. The number of rotatable bonds is 2. The fourth-order valence-electron chi connectivity index (χ4n) is 11.7. The summed E-state index contributed by atoms with van der Waals surface area (Å²) in [5.41, 5.74) is -0.484. The van der Waals surface area contributed by atoms with Gasteiger partial charge in [-0.25, -0.2) is 0 Å². The van der Waals surface area contributed by atoms with Gasteiger partial charge in [-0.05, 0) is 110 Å². The maximum absolute atomic E-state index is 13.5. The van der Waals surface area contributed by atoms with Gasteiger partial charge in [-0.3, -0.25) is 9.59 Å². The highest BCUT2D eigenvalue weighted by Gasteiger charge is 2.73. The molecule has 5 aliphatic carbocycles. The third-order valence-corrected chi connectivity index (χ3v) is 14.7. The van der Waals surface area contributed by atoms with Crippen molar-refractivity contribution >= 4 is 43.6 Å². The standard InChI is InChI=1S/C30H46Br2O3/c1-17(2)18-10-13-29(24(34)35)15-14-27(6)19(22(18)29)8-9-21-26(5)16-30(31,32)23(33)25(3,4)20(26)11-12-28(21,27)7/h17-22H,8-16H2,1-7H3,(H,34,35)/t18-,19?,20?,21?,22?,26-,27+,28+,29-/m0/s1. The molecule has 0 heterocycles. The Hall–Kier alpha value is 0.1000. The number of carboxylic acids is 1. The zero-order valence-electron chi connectivity index (χ0n) is 22.8. The Balaban J connectivity index is 1.59. The molecule has 9 atom stereocenters. The van der Waals surface area contributed by atoms with Gasteiger partial charge in [0, 0.05) is 5.41 Å². The van der Waals surface area contributed by atoms with Crippen LogP contribution in [0.1, 0.15) is 106 Å². The number of halogens is 2. The third-order valence-electron chi connectivity index (χ3n) is 13.4. The molecular weight excluding hydrogens is 568 g/mol. The summed E-state index contributed by atoms with van der Waals surface area (Å²) in [6.07, 6.45) is 9.24. The van der Waals surface area contributed by atoms with E-state index in [0.29, 0.717) is 41.3 Å². The quantitative estimate of drug-likeness (QED) is 0.318. The van der Waals surface area contributed by atoms with Gasteiger partial charge in [0.15, 0.2) is 5.78 Å². The summed E-state index contributed by atoms with van der Waals surface area (Å²) >= 11 is 7.67. The van der Waals surface area contributed by atoms with E-state index in [1.165, 1.54) is 12.8 Å². The molecule has 0 aromatic rings. The second-order valence-corrected chi connectivity index (χ2v) is 18.8. The number of carbonyl (C=O) groups is 2. The summed E-state index contributed by atoms with van der Waals surface area (Å²) in [5, 5.41) is 10.6. The number of hydrogen-bond acceptors (Lipinski definition) is 2. The molecule has 5 fully saturated rings. The lowest BCUT2D eigenvalue weighted by atomic mass is 9.32. The fraction of sp³-hybridized carbons (Fsp3) is 0.933. The van der Waals surface area contributed by atoms with E-state index in [9.17, 15) is 14.7 Å². The molecule has 1 N–H and O–H groups in total. The summed E-state index contributed by atoms with van der Waals surface area (Å²) in [7, 11) is 0. The van der Waals surface area contributed by atoms with Crippen molar-refractivity contribution in [2.24, 2.45) is 62.6 Å². The molecule has 5 heteroatoms. The SMILES string of the molecule is CC(C)[C@@H]1CC[C@]2(C(=O)O)CC[C@]3(C)C(CCC4[C@@]5(C)CC(Br)(Br)C(=O)C(C)(C)C5CC[C@]43C)C12. The lowest BCUT2D eigenvalue weighted by Crippen LogP contribution is -2.68. The Labute approximate surface area is 229 Å². The van der Waals surface area contributed by atoms with Gasteiger partial charge < -0.3 is 5.11 Å². The van der Waals surface area contributed by atoms with Gasteiger partial charge in [-0.2, -0.15) is 0 Å². The molecule has 198 valence electrons. The molecule has 35 heavy (non-hydrogen) atoms. The first kappa shape index (κ1) is 26.7. The minimum Gasteiger partial charge on any atom is -0.481 e. The zero-order valence-corrected chi connectivity index (χ0v) is 26.0. The number of ketones is 1. The van der Waals surface area contributed by atoms with Crippen molar-refractivity contribution in [2.45, 2.75) is 109 Å². The van der Waals surface area contributed by atoms with E-state index in [4.69, 9.17) is 0 Å². The first-order valence-electron chi connectivity index (χ1n) is 14.2. The van der Waals surface area contributed by atoms with Crippen LogP contribution in [0.3, 0.4) is 0 Å². The van der Waals surface area contributed by atoms with Crippen LogP contribution in [0.2, 0.25) is 0 Å². The highest BCUT2D eigenvalue weighted by molar-refractivity contribution is 9.25. The number of Topliss-reactive ketones (excluding diaryl/α,β-unsaturated/α-hetero) is 1. The minimum atomic E-state index is -0.649. The normalized spacial score (nSPS) is 52.3. The van der Waals surface area contributed by atoms with Gasteiger partial charge in [-0.1, -0.05) is 80.3 Å². The summed E-state index contributed by atoms with van der Waals surface area (Å²) in [6, 6.07) is 0. The van der Waals surface area contributed by atoms with E-state index in [2.05, 4.69) is 80.3 Å². The highest BCUT2D eigenvalue weighted by atomic mass is 79.9. The lowest BCUT2D eigenvalue weighted by Gasteiger charge is -2.72. The van der Waals surface area contributed by atoms with Gasteiger partial charge in [0.2, 0.25) is 0 Å². The van der Waals surface area contributed by atoms with Crippen molar-refractivity contribution in [1.82, 2.24) is 0 Å². The predicted molar refractivity (Wildman–Crippen MR) is 148 cm³/mol. The van der Waals surface area contributed by atoms with Crippen molar-refractivity contribution < 1.29 is 14.7 Å². The molecule has 5 rings (SSSR count). The minimum absolute atomic E-state index is 0.0693. The Kier molecular flexibility index (Phi) is 5.97. The summed E-state index contributed by atoms with van der Waals surface area (Å²) < 4.78 is -0.649. The van der Waals surface area contributed by atoms with Crippen LogP contribution in [0.4, 0.5) is 0 Å². The van der Waals surface area contributed by atoms with Crippen LogP contribution < -0.4 is 0 Å². The first-order valence-corrected chi connectivity index (χ1v) is 15.7. The Morgan fingerprint density at radius 2 is 1.54 bits per heavy atom. The van der Waals surface area contributed by atoms with Crippen LogP contribution in [0.5, 0.6) is 0 Å². The molecule has 0 aromatic carbocycles. The topological polar surface area (TPSA) is 54.4 Å². The van der Waals surface area contributed by atoms with E-state index in [-0.39, 0.29) is 21.7 Å². The highest BCUT2D eigenvalue weighted by Crippen LogP contribution is 2.78. The van der Waals surface area contributed by atoms with Gasteiger partial charge in [0.1, 0.15) is 3.23 Å². The van der Waals surface area contributed by atoms with E-state index in [1.807, 2.05) is 0 Å². The number of hydrogen-bond donors (Lipinski definition) is 1.